The molecule has 36 heavy (non-hydrogen) atoms. The maximum Gasteiger partial charge on any atom is 0.319 e. The van der Waals surface area contributed by atoms with Crippen LogP contribution >= 0.6 is 0 Å². The minimum absolute atomic E-state index is 0.168. The molecule has 2 aromatic rings. The molecule has 10 heteroatoms. The molecule has 0 saturated carbocycles. The number of carbonyl (C=O) groups is 3. The number of nitrogens with zero attached hydrogens (tertiary/aromatic N) is 1. The Balaban J connectivity index is 1.37. The van der Waals surface area contributed by atoms with E-state index < -0.39 is 6.10 Å². The summed E-state index contributed by atoms with van der Waals surface area (Å²) in [6.45, 7) is 2.77. The molecular weight excluding hydrogens is 467 g/mol. The van der Waals surface area contributed by atoms with Crippen molar-refractivity contribution in [3.05, 3.63) is 59.4 Å². The summed E-state index contributed by atoms with van der Waals surface area (Å²) in [5.41, 5.74) is 1.54. The number of urea groups is 1. The first-order chi connectivity index (χ1) is 17.3. The maximum atomic E-state index is 13.3. The second-order valence-electron chi connectivity index (χ2n) is 8.97. The minimum Gasteiger partial charge on any atom is -0.490 e. The van der Waals surface area contributed by atoms with Crippen LogP contribution in [0.15, 0.2) is 42.5 Å². The fraction of sp³-hybridized carbons (Fsp3) is 0.423. The summed E-state index contributed by atoms with van der Waals surface area (Å²) < 4.78 is 25.5. The summed E-state index contributed by atoms with van der Waals surface area (Å²) in [5, 5.41) is 8.17. The summed E-state index contributed by atoms with van der Waals surface area (Å²) in [7, 11) is 1.73. The van der Waals surface area contributed by atoms with Gasteiger partial charge in [-0.2, -0.15) is 0 Å². The van der Waals surface area contributed by atoms with Crippen LogP contribution in [-0.2, 0) is 16.1 Å². The predicted molar refractivity (Wildman–Crippen MR) is 131 cm³/mol. The van der Waals surface area contributed by atoms with E-state index in [1.165, 1.54) is 12.1 Å². The van der Waals surface area contributed by atoms with Crippen molar-refractivity contribution in [1.29, 1.82) is 0 Å². The SMILES string of the molecule is CCNC(=O)Nc1ccc2c(c1)C(=O)N(C)[C@H]1CC[C@@H](CC(=O)NCc3cccc(F)c3)O[C@H]1CO2. The van der Waals surface area contributed by atoms with Gasteiger partial charge in [0.25, 0.3) is 5.91 Å². The van der Waals surface area contributed by atoms with E-state index in [9.17, 15) is 18.8 Å². The number of fused-ring (bicyclic) bond motifs is 2. The highest BCUT2D eigenvalue weighted by molar-refractivity contribution is 5.99. The zero-order valence-electron chi connectivity index (χ0n) is 20.4. The van der Waals surface area contributed by atoms with E-state index in [2.05, 4.69) is 16.0 Å². The van der Waals surface area contributed by atoms with Gasteiger partial charge in [0.05, 0.1) is 24.1 Å². The van der Waals surface area contributed by atoms with Crippen molar-refractivity contribution in [3.8, 4) is 5.75 Å². The van der Waals surface area contributed by atoms with Crippen molar-refractivity contribution in [2.45, 2.75) is 51.0 Å². The van der Waals surface area contributed by atoms with Crippen LogP contribution < -0.4 is 20.7 Å². The fourth-order valence-electron chi connectivity index (χ4n) is 4.57. The molecule has 2 heterocycles. The standard InChI is InChI=1S/C26H31FN4O5/c1-3-28-26(34)30-18-7-10-22-20(12-18)25(33)31(2)21-9-8-19(36-23(21)15-35-22)13-24(32)29-14-16-5-4-6-17(27)11-16/h4-7,10-12,19,21,23H,3,8-9,13-15H2,1-2H3,(H,29,32)(H2,28,30,34)/t19-,21-,23-/m0/s1. The molecule has 0 radical (unpaired) electrons. The second-order valence-corrected chi connectivity index (χ2v) is 8.97. The predicted octanol–water partition coefficient (Wildman–Crippen LogP) is 3.05. The summed E-state index contributed by atoms with van der Waals surface area (Å²) in [4.78, 5) is 39.3. The monoisotopic (exact) mass is 498 g/mol. The van der Waals surface area contributed by atoms with E-state index in [0.29, 0.717) is 42.0 Å². The number of hydrogen-bond donors (Lipinski definition) is 3. The van der Waals surface area contributed by atoms with E-state index in [1.54, 1.807) is 42.3 Å². The highest BCUT2D eigenvalue weighted by Crippen LogP contribution is 2.32. The van der Waals surface area contributed by atoms with Crippen molar-refractivity contribution in [2.75, 3.05) is 25.5 Å². The zero-order valence-corrected chi connectivity index (χ0v) is 20.4. The lowest BCUT2D eigenvalue weighted by Crippen LogP contribution is -2.53. The average molecular weight is 499 g/mol. The lowest BCUT2D eigenvalue weighted by Gasteiger charge is -2.42. The number of halogens is 1. The molecule has 1 fully saturated rings. The first-order valence-corrected chi connectivity index (χ1v) is 12.1. The maximum absolute atomic E-state index is 13.3. The number of rotatable bonds is 6. The minimum atomic E-state index is -0.394. The van der Waals surface area contributed by atoms with E-state index in [0.717, 1.165) is 0 Å². The molecule has 9 nitrogen and oxygen atoms in total. The van der Waals surface area contributed by atoms with Gasteiger partial charge < -0.3 is 30.3 Å². The Bertz CT molecular complexity index is 1130. The zero-order chi connectivity index (χ0) is 25.7. The Kier molecular flexibility index (Phi) is 8.04. The Labute approximate surface area is 209 Å². The molecule has 1 saturated heterocycles. The van der Waals surface area contributed by atoms with Crippen molar-refractivity contribution >= 4 is 23.5 Å². The summed E-state index contributed by atoms with van der Waals surface area (Å²) in [6, 6.07) is 10.5. The van der Waals surface area contributed by atoms with Gasteiger partial charge in [-0.05, 0) is 55.7 Å². The van der Waals surface area contributed by atoms with Crippen LogP contribution in [0, 0.1) is 5.82 Å². The van der Waals surface area contributed by atoms with Crippen LogP contribution in [0.4, 0.5) is 14.9 Å². The fourth-order valence-corrected chi connectivity index (χ4v) is 4.57. The Hall–Kier alpha value is -3.66. The van der Waals surface area contributed by atoms with Crippen LogP contribution in [0.25, 0.3) is 0 Å². The molecule has 3 N–H and O–H groups in total. The number of hydrogen-bond acceptors (Lipinski definition) is 5. The number of benzene rings is 2. The van der Waals surface area contributed by atoms with Crippen molar-refractivity contribution in [2.24, 2.45) is 0 Å². The van der Waals surface area contributed by atoms with Crippen LogP contribution in [0.2, 0.25) is 0 Å². The third kappa shape index (κ3) is 6.12. The van der Waals surface area contributed by atoms with Crippen LogP contribution in [0.1, 0.15) is 42.1 Å². The van der Waals surface area contributed by atoms with E-state index in [1.807, 2.05) is 6.92 Å². The molecule has 2 aromatic carbocycles. The largest absolute Gasteiger partial charge is 0.490 e. The average Bonchev–Trinajstić information content (AvgIpc) is 2.85. The first kappa shape index (κ1) is 25.4. The van der Waals surface area contributed by atoms with Crippen LogP contribution in [-0.4, -0.2) is 61.2 Å². The van der Waals surface area contributed by atoms with Gasteiger partial charge in [-0.25, -0.2) is 9.18 Å². The van der Waals surface area contributed by atoms with E-state index in [4.69, 9.17) is 9.47 Å². The molecule has 0 aliphatic carbocycles. The molecule has 2 aliphatic heterocycles. The molecule has 192 valence electrons. The van der Waals surface area contributed by atoms with Gasteiger partial charge in [0.2, 0.25) is 5.91 Å². The molecule has 0 aromatic heterocycles. The highest BCUT2D eigenvalue weighted by atomic mass is 19.1. The first-order valence-electron chi connectivity index (χ1n) is 12.1. The van der Waals surface area contributed by atoms with Crippen molar-refractivity contribution < 1.29 is 28.2 Å². The van der Waals surface area contributed by atoms with Gasteiger partial charge >= 0.3 is 6.03 Å². The van der Waals surface area contributed by atoms with E-state index in [-0.39, 0.29) is 55.4 Å². The third-order valence-electron chi connectivity index (χ3n) is 6.40. The van der Waals surface area contributed by atoms with Gasteiger partial charge in [0, 0.05) is 25.8 Å². The summed E-state index contributed by atoms with van der Waals surface area (Å²) in [5.74, 6) is -0.349. The van der Waals surface area contributed by atoms with Crippen LogP contribution in [0.5, 0.6) is 5.75 Å². The van der Waals surface area contributed by atoms with Crippen molar-refractivity contribution in [1.82, 2.24) is 15.5 Å². The van der Waals surface area contributed by atoms with Crippen LogP contribution in [0.3, 0.4) is 0 Å². The molecule has 0 unspecified atom stereocenters. The molecule has 2 aliphatic rings. The summed E-state index contributed by atoms with van der Waals surface area (Å²) >= 11 is 0. The molecule has 4 rings (SSSR count). The molecule has 4 amide bonds. The molecule has 3 atom stereocenters. The van der Waals surface area contributed by atoms with E-state index >= 15 is 0 Å². The molecular formula is C26H31FN4O5. The number of carbonyl (C=O) groups excluding carboxylic acids is 3. The highest BCUT2D eigenvalue weighted by Gasteiger charge is 2.39. The number of likely N-dealkylation sites (N-methyl/N-ethyl adjacent to an activating group) is 1. The molecule has 0 spiro atoms. The summed E-state index contributed by atoms with van der Waals surface area (Å²) in [6.07, 6.45) is 0.729. The smallest absolute Gasteiger partial charge is 0.319 e. The van der Waals surface area contributed by atoms with Gasteiger partial charge in [0.1, 0.15) is 24.3 Å². The number of ether oxygens (including phenoxy) is 2. The topological polar surface area (TPSA) is 109 Å². The van der Waals surface area contributed by atoms with Gasteiger partial charge in [0.15, 0.2) is 0 Å². The lowest BCUT2D eigenvalue weighted by atomic mass is 9.94. The number of anilines is 1. The van der Waals surface area contributed by atoms with Gasteiger partial charge in [-0.3, -0.25) is 9.59 Å². The van der Waals surface area contributed by atoms with Gasteiger partial charge in [-0.15, -0.1) is 0 Å². The van der Waals surface area contributed by atoms with Crippen molar-refractivity contribution in [3.63, 3.8) is 0 Å². The normalized spacial score (nSPS) is 21.2. The molecule has 0 bridgehead atoms. The lowest BCUT2D eigenvalue weighted by molar-refractivity contribution is -0.134. The number of nitrogens with one attached hydrogen (secondary N) is 3. The van der Waals surface area contributed by atoms with Gasteiger partial charge in [-0.1, -0.05) is 12.1 Å². The Morgan fingerprint density at radius 2 is 1.97 bits per heavy atom. The quantitative estimate of drug-likeness (QED) is 0.567. The third-order valence-corrected chi connectivity index (χ3v) is 6.40. The number of amides is 4. The Morgan fingerprint density at radius 3 is 2.75 bits per heavy atom. The Morgan fingerprint density at radius 1 is 1.14 bits per heavy atom. The second kappa shape index (κ2) is 11.4.